The van der Waals surface area contributed by atoms with Crippen LogP contribution in [-0.2, 0) is 4.79 Å². The molecule has 0 aromatic carbocycles. The lowest BCUT2D eigenvalue weighted by Crippen LogP contribution is -2.37. The van der Waals surface area contributed by atoms with Crippen molar-refractivity contribution in [3.8, 4) is 12.3 Å². The van der Waals surface area contributed by atoms with Crippen LogP contribution in [0.5, 0.6) is 0 Å². The molecule has 1 atom stereocenters. The average molecular weight is 194 g/mol. The third-order valence-corrected chi connectivity index (χ3v) is 2.74. The zero-order chi connectivity index (χ0) is 10.4. The van der Waals surface area contributed by atoms with Crippen molar-refractivity contribution in [3.63, 3.8) is 0 Å². The molecule has 78 valence electrons. The van der Waals surface area contributed by atoms with Gasteiger partial charge in [0.05, 0.1) is 6.42 Å². The van der Waals surface area contributed by atoms with Gasteiger partial charge in [0.1, 0.15) is 0 Å². The summed E-state index contributed by atoms with van der Waals surface area (Å²) < 4.78 is 0. The van der Waals surface area contributed by atoms with Gasteiger partial charge < -0.3 is 10.2 Å². The second-order valence-corrected chi connectivity index (χ2v) is 3.72. The summed E-state index contributed by atoms with van der Waals surface area (Å²) in [6.07, 6.45) is 8.60. The third kappa shape index (κ3) is 3.04. The molecule has 0 aliphatic carbocycles. The molecule has 1 heterocycles. The van der Waals surface area contributed by atoms with E-state index in [1.807, 2.05) is 11.9 Å². The lowest BCUT2D eigenvalue weighted by Gasteiger charge is -2.26. The highest BCUT2D eigenvalue weighted by Gasteiger charge is 2.19. The van der Waals surface area contributed by atoms with E-state index in [4.69, 9.17) is 6.42 Å². The van der Waals surface area contributed by atoms with E-state index in [1.54, 1.807) is 0 Å². The molecule has 0 spiro atoms. The first-order chi connectivity index (χ1) is 6.75. The monoisotopic (exact) mass is 194 g/mol. The maximum Gasteiger partial charge on any atom is 0.234 e. The van der Waals surface area contributed by atoms with Gasteiger partial charge >= 0.3 is 0 Å². The molecule has 3 heteroatoms. The molecular formula is C11H18N2O. The number of hydrogen-bond acceptors (Lipinski definition) is 2. The minimum atomic E-state index is 0.0689. The van der Waals surface area contributed by atoms with Crippen LogP contribution in [0.2, 0.25) is 0 Å². The number of amides is 1. The molecule has 1 N–H and O–H groups in total. The number of carbonyl (C=O) groups excluding carboxylic acids is 1. The molecule has 0 bridgehead atoms. The Kier molecular flexibility index (Phi) is 4.48. The molecule has 3 nitrogen and oxygen atoms in total. The van der Waals surface area contributed by atoms with Gasteiger partial charge in [-0.3, -0.25) is 4.79 Å². The van der Waals surface area contributed by atoms with Gasteiger partial charge in [-0.15, -0.1) is 6.42 Å². The van der Waals surface area contributed by atoms with Crippen molar-refractivity contribution < 1.29 is 4.79 Å². The van der Waals surface area contributed by atoms with Crippen molar-refractivity contribution in [2.24, 2.45) is 0 Å². The third-order valence-electron chi connectivity index (χ3n) is 2.74. The summed E-state index contributed by atoms with van der Waals surface area (Å²) in [6.45, 7) is 2.06. The number of hydrogen-bond donors (Lipinski definition) is 1. The lowest BCUT2D eigenvalue weighted by atomic mass is 10.1. The zero-order valence-corrected chi connectivity index (χ0v) is 8.75. The van der Waals surface area contributed by atoms with Crippen molar-refractivity contribution in [2.45, 2.75) is 31.7 Å². The number of nitrogens with one attached hydrogen (secondary N) is 1. The molecule has 1 aliphatic heterocycles. The molecule has 1 amide bonds. The van der Waals surface area contributed by atoms with Crippen LogP contribution in [0, 0.1) is 12.3 Å². The van der Waals surface area contributed by atoms with Gasteiger partial charge in [0.25, 0.3) is 0 Å². The molecule has 1 saturated heterocycles. The molecular weight excluding hydrogens is 176 g/mol. The van der Waals surface area contributed by atoms with E-state index >= 15 is 0 Å². The van der Waals surface area contributed by atoms with Crippen molar-refractivity contribution in [3.05, 3.63) is 0 Å². The highest BCUT2D eigenvalue weighted by molar-refractivity contribution is 5.78. The van der Waals surface area contributed by atoms with Crippen LogP contribution in [0.4, 0.5) is 0 Å². The Morgan fingerprint density at radius 3 is 3.07 bits per heavy atom. The van der Waals surface area contributed by atoms with Crippen LogP contribution >= 0.6 is 0 Å². The Morgan fingerprint density at radius 2 is 2.36 bits per heavy atom. The summed E-state index contributed by atoms with van der Waals surface area (Å²) in [5.41, 5.74) is 0. The molecule has 0 aromatic rings. The summed E-state index contributed by atoms with van der Waals surface area (Å²) >= 11 is 0. The van der Waals surface area contributed by atoms with Crippen LogP contribution < -0.4 is 5.32 Å². The van der Waals surface area contributed by atoms with Crippen LogP contribution in [0.3, 0.4) is 0 Å². The quantitative estimate of drug-likeness (QED) is 0.653. The van der Waals surface area contributed by atoms with E-state index in [0.717, 1.165) is 32.4 Å². The van der Waals surface area contributed by atoms with Crippen LogP contribution in [0.1, 0.15) is 25.7 Å². The first kappa shape index (κ1) is 11.1. The van der Waals surface area contributed by atoms with E-state index in [0.29, 0.717) is 6.04 Å². The Bertz CT molecular complexity index is 224. The minimum absolute atomic E-state index is 0.0689. The molecule has 1 rings (SSSR count). The molecule has 0 saturated carbocycles. The fraction of sp³-hybridized carbons (Fsp3) is 0.727. The highest BCUT2D eigenvalue weighted by atomic mass is 16.2. The van der Waals surface area contributed by atoms with E-state index in [9.17, 15) is 4.79 Å². The standard InChI is InChI=1S/C11H18N2O/c1-3-5-11(14)13(2)10-6-4-8-12-9-7-10/h1,10,12H,4-9H2,2H3. The zero-order valence-electron chi connectivity index (χ0n) is 8.75. The fourth-order valence-corrected chi connectivity index (χ4v) is 1.80. The Hall–Kier alpha value is -1.01. The summed E-state index contributed by atoms with van der Waals surface area (Å²) in [6, 6.07) is 0.367. The maximum atomic E-state index is 11.5. The van der Waals surface area contributed by atoms with Crippen LogP contribution in [0.25, 0.3) is 0 Å². The molecule has 1 aliphatic rings. The summed E-state index contributed by atoms with van der Waals surface area (Å²) in [5.74, 6) is 2.47. The van der Waals surface area contributed by atoms with Gasteiger partial charge in [-0.1, -0.05) is 5.92 Å². The second-order valence-electron chi connectivity index (χ2n) is 3.72. The summed E-state index contributed by atoms with van der Waals surface area (Å²) in [4.78, 5) is 13.3. The maximum absolute atomic E-state index is 11.5. The van der Waals surface area contributed by atoms with Gasteiger partial charge in [-0.25, -0.2) is 0 Å². The number of nitrogens with zero attached hydrogens (tertiary/aromatic N) is 1. The van der Waals surface area contributed by atoms with E-state index in [2.05, 4.69) is 11.2 Å². The normalized spacial score (nSPS) is 22.1. The van der Waals surface area contributed by atoms with Gasteiger partial charge in [-0.2, -0.15) is 0 Å². The highest BCUT2D eigenvalue weighted by Crippen LogP contribution is 2.12. The molecule has 0 aromatic heterocycles. The van der Waals surface area contributed by atoms with Gasteiger partial charge in [0, 0.05) is 13.1 Å². The Morgan fingerprint density at radius 1 is 1.57 bits per heavy atom. The summed E-state index contributed by atoms with van der Waals surface area (Å²) in [7, 11) is 1.86. The second kappa shape index (κ2) is 5.66. The fourth-order valence-electron chi connectivity index (χ4n) is 1.80. The first-order valence-electron chi connectivity index (χ1n) is 5.15. The number of carbonyl (C=O) groups is 1. The topological polar surface area (TPSA) is 32.3 Å². The van der Waals surface area contributed by atoms with Crippen molar-refractivity contribution >= 4 is 5.91 Å². The molecule has 1 unspecified atom stereocenters. The average Bonchev–Trinajstić information content (AvgIpc) is 2.45. The van der Waals surface area contributed by atoms with E-state index in [1.165, 1.54) is 0 Å². The predicted octanol–water partition coefficient (Wildman–Crippen LogP) is 0.610. The van der Waals surface area contributed by atoms with Gasteiger partial charge in [0.2, 0.25) is 5.91 Å². The van der Waals surface area contributed by atoms with Crippen molar-refractivity contribution in [2.75, 3.05) is 20.1 Å². The van der Waals surface area contributed by atoms with Crippen molar-refractivity contribution in [1.82, 2.24) is 10.2 Å². The minimum Gasteiger partial charge on any atom is -0.342 e. The SMILES string of the molecule is C#CCC(=O)N(C)C1CCCNCC1. The smallest absolute Gasteiger partial charge is 0.234 e. The van der Waals surface area contributed by atoms with Gasteiger partial charge in [0.15, 0.2) is 0 Å². The van der Waals surface area contributed by atoms with Crippen molar-refractivity contribution in [1.29, 1.82) is 0 Å². The largest absolute Gasteiger partial charge is 0.342 e. The van der Waals surface area contributed by atoms with Crippen LogP contribution in [-0.4, -0.2) is 37.0 Å². The number of rotatable bonds is 2. The molecule has 14 heavy (non-hydrogen) atoms. The lowest BCUT2D eigenvalue weighted by molar-refractivity contribution is -0.131. The molecule has 1 fully saturated rings. The number of terminal acetylenes is 1. The Balaban J connectivity index is 2.45. The summed E-state index contributed by atoms with van der Waals surface area (Å²) in [5, 5.41) is 3.32. The first-order valence-corrected chi connectivity index (χ1v) is 5.15. The van der Waals surface area contributed by atoms with E-state index in [-0.39, 0.29) is 12.3 Å². The Labute approximate surface area is 85.9 Å². The molecule has 0 radical (unpaired) electrons. The van der Waals surface area contributed by atoms with Gasteiger partial charge in [-0.05, 0) is 32.4 Å². The predicted molar refractivity (Wildman–Crippen MR) is 56.7 cm³/mol. The van der Waals surface area contributed by atoms with E-state index < -0.39 is 0 Å². The van der Waals surface area contributed by atoms with Crippen LogP contribution in [0.15, 0.2) is 0 Å².